The number of nitrogens with one attached hydrogen (secondary N) is 8. The molecule has 0 bridgehead atoms. The number of carboxylic acid groups (broad SMARTS) is 1. The first-order chi connectivity index (χ1) is 35.9. The Morgan fingerprint density at radius 3 is 1.92 bits per heavy atom. The van der Waals surface area contributed by atoms with Crippen molar-refractivity contribution in [3.63, 3.8) is 0 Å². The van der Waals surface area contributed by atoms with Crippen molar-refractivity contribution in [2.24, 2.45) is 5.73 Å². The Morgan fingerprint density at radius 2 is 1.32 bits per heavy atom. The lowest BCUT2D eigenvalue weighted by Crippen LogP contribution is -2.58. The van der Waals surface area contributed by atoms with Crippen molar-refractivity contribution in [2.75, 3.05) is 25.1 Å². The molecule has 0 aliphatic carbocycles. The van der Waals surface area contributed by atoms with Gasteiger partial charge >= 0.3 is 22.5 Å². The highest BCUT2D eigenvalue weighted by atomic mass is 32.3. The van der Waals surface area contributed by atoms with Gasteiger partial charge in [-0.05, 0) is 86.9 Å². The number of carbonyl (C=O) groups excluding carboxylic acids is 7. The average molecular weight is 1100 g/mol. The third-order valence-corrected chi connectivity index (χ3v) is 12.5. The summed E-state index contributed by atoms with van der Waals surface area (Å²) in [6.45, 7) is 5.92. The third-order valence-electron chi connectivity index (χ3n) is 11.5. The molecule has 6 atom stereocenters. The highest BCUT2D eigenvalue weighted by Gasteiger charge is 2.32. The summed E-state index contributed by atoms with van der Waals surface area (Å²) in [6, 6.07) is 14.5. The molecule has 0 aliphatic heterocycles. The molecular formula is C51H69N9O14S2. The number of carboxylic acids is 1. The maximum Gasteiger partial charge on any atom is 0.446 e. The van der Waals surface area contributed by atoms with Crippen LogP contribution in [0.4, 0.5) is 4.79 Å². The molecule has 414 valence electrons. The number of aromatic nitrogens is 1. The molecule has 1 heterocycles. The van der Waals surface area contributed by atoms with Crippen molar-refractivity contribution in [1.82, 2.24) is 42.2 Å². The SMILES string of the molecule is CCCC[C@H](NC(=O)[C@H](Cc1c[nH]c2ccccc12)NC(=O)CNC(=O)[C@H](CCSC)NC(=O)[C@H](Cc1ccc(OS(=O)(=O)O)cc1)NC(=O)OC(C)(C)C)C(=O)N[C@H](CN[C@@H](Cc1ccccc1)C(N)=O)CC(=O)O. The number of unbranched alkanes of at least 4 members (excludes halogenated alkanes) is 1. The molecule has 76 heavy (non-hydrogen) atoms. The van der Waals surface area contributed by atoms with E-state index in [4.69, 9.17) is 15.0 Å². The van der Waals surface area contributed by atoms with E-state index in [-0.39, 0.29) is 44.4 Å². The van der Waals surface area contributed by atoms with E-state index < -0.39 is 113 Å². The molecule has 0 saturated heterocycles. The molecule has 12 N–H and O–H groups in total. The van der Waals surface area contributed by atoms with Gasteiger partial charge in [0.15, 0.2) is 0 Å². The minimum atomic E-state index is -4.82. The zero-order valence-electron chi connectivity index (χ0n) is 43.0. The summed E-state index contributed by atoms with van der Waals surface area (Å²) in [5.41, 5.74) is 7.32. The van der Waals surface area contributed by atoms with E-state index in [1.54, 1.807) is 51.4 Å². The number of ether oxygens (including phenoxy) is 1. The first-order valence-corrected chi connectivity index (χ1v) is 27.2. The Balaban J connectivity index is 1.52. The van der Waals surface area contributed by atoms with Crippen molar-refractivity contribution in [2.45, 2.75) is 121 Å². The summed E-state index contributed by atoms with van der Waals surface area (Å²) in [5, 5.41) is 29.3. The summed E-state index contributed by atoms with van der Waals surface area (Å²) < 4.78 is 41.3. The van der Waals surface area contributed by atoms with Crippen molar-refractivity contribution in [3.05, 3.63) is 102 Å². The Labute approximate surface area is 445 Å². The molecule has 0 unspecified atom stereocenters. The number of aromatic amines is 1. The number of nitrogens with two attached hydrogens (primary N) is 1. The topological polar surface area (TPSA) is 356 Å². The van der Waals surface area contributed by atoms with Crippen LogP contribution < -0.4 is 47.1 Å². The molecule has 4 aromatic rings. The van der Waals surface area contributed by atoms with Gasteiger partial charge in [0.05, 0.1) is 25.0 Å². The normalized spacial score (nSPS) is 13.9. The lowest BCUT2D eigenvalue weighted by molar-refractivity contribution is -0.138. The van der Waals surface area contributed by atoms with Crippen molar-refractivity contribution in [3.8, 4) is 5.75 Å². The zero-order chi connectivity index (χ0) is 56.0. The van der Waals surface area contributed by atoms with Gasteiger partial charge in [-0.25, -0.2) is 4.79 Å². The Morgan fingerprint density at radius 1 is 0.724 bits per heavy atom. The largest absolute Gasteiger partial charge is 0.481 e. The van der Waals surface area contributed by atoms with Crippen LogP contribution >= 0.6 is 11.8 Å². The Hall–Kier alpha value is -7.22. The van der Waals surface area contributed by atoms with E-state index in [9.17, 15) is 51.9 Å². The lowest BCUT2D eigenvalue weighted by atomic mass is 10.0. The third kappa shape index (κ3) is 21.9. The summed E-state index contributed by atoms with van der Waals surface area (Å²) in [4.78, 5) is 110. The van der Waals surface area contributed by atoms with E-state index in [1.165, 1.54) is 36.0 Å². The van der Waals surface area contributed by atoms with Gasteiger partial charge in [-0.3, -0.25) is 38.1 Å². The fourth-order valence-corrected chi connectivity index (χ4v) is 8.61. The van der Waals surface area contributed by atoms with Gasteiger partial charge < -0.3 is 62.0 Å². The van der Waals surface area contributed by atoms with Crippen LogP contribution in [0, 0.1) is 0 Å². The number of carbonyl (C=O) groups is 8. The molecule has 23 nitrogen and oxygen atoms in total. The standard InChI is InChI=1S/C51H69N9O14S2/c1-6-7-16-38(47(66)56-34(27-44(62)63)29-54-40(45(52)64)24-31-13-9-8-10-14-31)58-49(68)42(26-33-28-53-37-17-12-11-15-36(33)37)57-43(61)30-55-46(65)39(22-23-75-5)59-48(67)41(60-50(69)73-51(2,3)4)25-32-18-20-35(21-19-32)74-76(70,71)72/h8-15,17-21,28,34,38-42,53-54H,6-7,16,22-27,29-30H2,1-5H3,(H2,52,64)(H,55,65)(H,56,66)(H,57,61)(H,58,68)(H,59,67)(H,60,69)(H,62,63)(H,70,71,72)/t34-,38-,39-,40-,41-,42-/m0/s1. The van der Waals surface area contributed by atoms with Crippen molar-refractivity contribution >= 4 is 80.6 Å². The second kappa shape index (κ2) is 29.8. The number of benzene rings is 3. The van der Waals surface area contributed by atoms with E-state index in [0.717, 1.165) is 16.5 Å². The molecule has 7 amide bonds. The van der Waals surface area contributed by atoms with Crippen LogP contribution in [0.2, 0.25) is 0 Å². The van der Waals surface area contributed by atoms with Gasteiger partial charge in [0.1, 0.15) is 35.5 Å². The summed E-state index contributed by atoms with van der Waals surface area (Å²) in [5.74, 6) is -5.63. The minimum absolute atomic E-state index is 0.0755. The number of thioether (sulfide) groups is 1. The van der Waals surface area contributed by atoms with Crippen LogP contribution in [0.25, 0.3) is 10.9 Å². The molecule has 0 saturated carbocycles. The van der Waals surface area contributed by atoms with Crippen LogP contribution in [0.3, 0.4) is 0 Å². The molecule has 0 spiro atoms. The summed E-state index contributed by atoms with van der Waals surface area (Å²) >= 11 is 1.37. The van der Waals surface area contributed by atoms with Gasteiger partial charge in [0.25, 0.3) is 0 Å². The number of hydrogen-bond donors (Lipinski definition) is 11. The Kier molecular flexibility index (Phi) is 24.0. The number of para-hydroxylation sites is 1. The number of alkyl carbamates (subject to hydrolysis) is 1. The van der Waals surface area contributed by atoms with Gasteiger partial charge in [-0.2, -0.15) is 20.2 Å². The van der Waals surface area contributed by atoms with E-state index in [2.05, 4.69) is 46.4 Å². The predicted molar refractivity (Wildman–Crippen MR) is 284 cm³/mol. The minimum Gasteiger partial charge on any atom is -0.481 e. The maximum atomic E-state index is 14.4. The molecule has 25 heteroatoms. The van der Waals surface area contributed by atoms with E-state index in [1.807, 2.05) is 43.3 Å². The maximum absolute atomic E-state index is 14.4. The van der Waals surface area contributed by atoms with Crippen molar-refractivity contribution in [1.29, 1.82) is 0 Å². The molecule has 4 rings (SSSR count). The molecule has 1 aromatic heterocycles. The number of amides is 7. The number of hydrogen-bond acceptors (Lipinski definition) is 14. The van der Waals surface area contributed by atoms with Gasteiger partial charge in [-0.1, -0.05) is 80.4 Å². The highest BCUT2D eigenvalue weighted by molar-refractivity contribution is 7.98. The lowest BCUT2D eigenvalue weighted by Gasteiger charge is -2.26. The second-order valence-electron chi connectivity index (χ2n) is 18.9. The molecule has 0 radical (unpaired) electrons. The highest BCUT2D eigenvalue weighted by Crippen LogP contribution is 2.20. The zero-order valence-corrected chi connectivity index (χ0v) is 44.6. The predicted octanol–water partition coefficient (Wildman–Crippen LogP) is 2.19. The quantitative estimate of drug-likeness (QED) is 0.0322. The monoisotopic (exact) mass is 1100 g/mol. The number of primary amides is 1. The fourth-order valence-electron chi connectivity index (χ4n) is 7.78. The Bertz CT molecular complexity index is 2720. The molecule has 0 aliphatic rings. The summed E-state index contributed by atoms with van der Waals surface area (Å²) in [6.07, 6.45) is 3.25. The first-order valence-electron chi connectivity index (χ1n) is 24.5. The van der Waals surface area contributed by atoms with Crippen molar-refractivity contribution < 1.29 is 65.4 Å². The van der Waals surface area contributed by atoms with Crippen LogP contribution in [0.15, 0.2) is 85.1 Å². The second-order valence-corrected chi connectivity index (χ2v) is 20.9. The van der Waals surface area contributed by atoms with Gasteiger partial charge in [0, 0.05) is 36.5 Å². The average Bonchev–Trinajstić information content (AvgIpc) is 3.75. The van der Waals surface area contributed by atoms with E-state index >= 15 is 0 Å². The number of aliphatic carboxylic acids is 1. The van der Waals surface area contributed by atoms with Gasteiger partial charge in [0.2, 0.25) is 35.4 Å². The molecule has 3 aromatic carbocycles. The number of H-pyrrole nitrogens is 1. The number of fused-ring (bicyclic) bond motifs is 1. The van der Waals surface area contributed by atoms with Crippen LogP contribution in [-0.4, -0.2) is 138 Å². The molecule has 0 fully saturated rings. The first kappa shape index (κ1) is 61.3. The van der Waals surface area contributed by atoms with Crippen LogP contribution in [-0.2, 0) is 68.0 Å². The smallest absolute Gasteiger partial charge is 0.446 e. The van der Waals surface area contributed by atoms with Crippen LogP contribution in [0.5, 0.6) is 5.75 Å². The van der Waals surface area contributed by atoms with Crippen LogP contribution in [0.1, 0.15) is 76.5 Å². The summed E-state index contributed by atoms with van der Waals surface area (Å²) in [7, 11) is -4.82. The molecular weight excluding hydrogens is 1030 g/mol. The van der Waals surface area contributed by atoms with E-state index in [0.29, 0.717) is 29.7 Å². The number of rotatable bonds is 31. The van der Waals surface area contributed by atoms with Gasteiger partial charge in [-0.15, -0.1) is 0 Å². The fraction of sp³-hybridized carbons (Fsp3) is 0.451.